The van der Waals surface area contributed by atoms with Gasteiger partial charge in [0, 0.05) is 13.0 Å². The molecule has 1 spiro atoms. The number of piperidine rings is 1. The maximum absolute atomic E-state index is 12.3. The van der Waals surface area contributed by atoms with Crippen LogP contribution in [0.4, 0.5) is 4.79 Å². The molecule has 0 aromatic heterocycles. The van der Waals surface area contributed by atoms with Crippen LogP contribution in [0.25, 0.3) is 0 Å². The number of likely N-dealkylation sites (tertiary alicyclic amines) is 1. The molecule has 0 aromatic carbocycles. The molecule has 0 radical (unpaired) electrons. The molecule has 2 fully saturated rings. The molecule has 0 bridgehead atoms. The molecule has 2 rings (SSSR count). The van der Waals surface area contributed by atoms with Crippen LogP contribution < -0.4 is 0 Å². The minimum absolute atomic E-state index is 0.378. The molecule has 2 aliphatic rings. The second-order valence-electron chi connectivity index (χ2n) is 6.69. The van der Waals surface area contributed by atoms with E-state index in [-0.39, 0.29) is 6.09 Å². The Morgan fingerprint density at radius 3 is 2.50 bits per heavy atom. The van der Waals surface area contributed by atoms with Gasteiger partial charge >= 0.3 is 6.09 Å². The molecular weight excluding hydrogens is 282 g/mol. The van der Waals surface area contributed by atoms with Crippen molar-refractivity contribution >= 4 is 16.2 Å². The van der Waals surface area contributed by atoms with Crippen LogP contribution in [-0.2, 0) is 19.0 Å². The number of ether oxygens (including phenoxy) is 1. The van der Waals surface area contributed by atoms with Crippen LogP contribution >= 0.6 is 0 Å². The van der Waals surface area contributed by atoms with Gasteiger partial charge in [-0.3, -0.25) is 9.08 Å². The zero-order valence-corrected chi connectivity index (χ0v) is 13.3. The Morgan fingerprint density at radius 1 is 1.30 bits per heavy atom. The lowest BCUT2D eigenvalue weighted by atomic mass is 10.0. The number of rotatable bonds is 2. The van der Waals surface area contributed by atoms with Crippen molar-refractivity contribution in [2.24, 2.45) is 0 Å². The van der Waals surface area contributed by atoms with E-state index < -0.39 is 27.4 Å². The molecule has 1 saturated heterocycles. The predicted molar refractivity (Wildman–Crippen MR) is 73.9 cm³/mol. The third kappa shape index (κ3) is 3.44. The lowest BCUT2D eigenvalue weighted by molar-refractivity contribution is -0.000252. The fourth-order valence-electron chi connectivity index (χ4n) is 2.79. The minimum Gasteiger partial charge on any atom is -0.444 e. The second kappa shape index (κ2) is 4.87. The predicted octanol–water partition coefficient (Wildman–Crippen LogP) is 1.89. The zero-order valence-electron chi connectivity index (χ0n) is 12.5. The van der Waals surface area contributed by atoms with Gasteiger partial charge in [-0.15, -0.1) is 0 Å². The SMILES string of the molecule is CC(C)(C)OC(=O)N1CCCCC12CC2OS(C)(=O)=O. The lowest BCUT2D eigenvalue weighted by Gasteiger charge is -2.37. The Hall–Kier alpha value is -0.820. The molecule has 20 heavy (non-hydrogen) atoms. The molecule has 116 valence electrons. The Morgan fingerprint density at radius 2 is 1.95 bits per heavy atom. The van der Waals surface area contributed by atoms with Crippen LogP contribution in [-0.4, -0.2) is 49.5 Å². The molecule has 7 heteroatoms. The van der Waals surface area contributed by atoms with E-state index in [4.69, 9.17) is 8.92 Å². The van der Waals surface area contributed by atoms with Crippen LogP contribution in [0.2, 0.25) is 0 Å². The monoisotopic (exact) mass is 305 g/mol. The normalized spacial score (nSPS) is 30.4. The average Bonchev–Trinajstić information content (AvgIpc) is 2.86. The van der Waals surface area contributed by atoms with E-state index in [0.29, 0.717) is 13.0 Å². The number of nitrogens with zero attached hydrogens (tertiary/aromatic N) is 1. The van der Waals surface area contributed by atoms with Crippen molar-refractivity contribution in [3.05, 3.63) is 0 Å². The Kier molecular flexibility index (Phi) is 3.79. The van der Waals surface area contributed by atoms with Crippen LogP contribution in [0, 0.1) is 0 Å². The van der Waals surface area contributed by atoms with E-state index in [9.17, 15) is 13.2 Å². The van der Waals surface area contributed by atoms with Crippen LogP contribution in [0.15, 0.2) is 0 Å². The van der Waals surface area contributed by atoms with Gasteiger partial charge in [-0.1, -0.05) is 0 Å². The third-order valence-corrected chi connectivity index (χ3v) is 4.24. The van der Waals surface area contributed by atoms with Gasteiger partial charge < -0.3 is 4.74 Å². The van der Waals surface area contributed by atoms with Gasteiger partial charge in [-0.05, 0) is 40.0 Å². The van der Waals surface area contributed by atoms with Crippen molar-refractivity contribution in [1.82, 2.24) is 4.90 Å². The number of carbonyl (C=O) groups is 1. The summed E-state index contributed by atoms with van der Waals surface area (Å²) >= 11 is 0. The summed E-state index contributed by atoms with van der Waals surface area (Å²) in [5, 5.41) is 0. The first kappa shape index (κ1) is 15.6. The highest BCUT2D eigenvalue weighted by Crippen LogP contribution is 2.51. The first-order valence-corrected chi connectivity index (χ1v) is 8.74. The van der Waals surface area contributed by atoms with E-state index in [1.54, 1.807) is 4.90 Å². The molecule has 6 nitrogen and oxygen atoms in total. The first-order valence-electron chi connectivity index (χ1n) is 6.92. The van der Waals surface area contributed by atoms with Gasteiger partial charge in [-0.25, -0.2) is 4.79 Å². The second-order valence-corrected chi connectivity index (χ2v) is 8.29. The maximum Gasteiger partial charge on any atom is 0.410 e. The van der Waals surface area contributed by atoms with Crippen molar-refractivity contribution in [2.45, 2.75) is 63.7 Å². The molecule has 2 atom stereocenters. The van der Waals surface area contributed by atoms with Gasteiger partial charge in [0.2, 0.25) is 0 Å². The number of amides is 1. The summed E-state index contributed by atoms with van der Waals surface area (Å²) in [4.78, 5) is 13.9. The lowest BCUT2D eigenvalue weighted by Crippen LogP contribution is -2.50. The van der Waals surface area contributed by atoms with Crippen molar-refractivity contribution in [2.75, 3.05) is 12.8 Å². The quantitative estimate of drug-likeness (QED) is 0.728. The molecule has 2 unspecified atom stereocenters. The van der Waals surface area contributed by atoms with Gasteiger partial charge in [-0.2, -0.15) is 8.42 Å². The maximum atomic E-state index is 12.3. The van der Waals surface area contributed by atoms with E-state index in [1.165, 1.54) is 0 Å². The molecule has 1 saturated carbocycles. The molecule has 1 amide bonds. The minimum atomic E-state index is -3.50. The van der Waals surface area contributed by atoms with Crippen molar-refractivity contribution < 1.29 is 22.1 Å². The summed E-state index contributed by atoms with van der Waals surface area (Å²) in [7, 11) is -3.50. The summed E-state index contributed by atoms with van der Waals surface area (Å²) in [6.45, 7) is 6.05. The third-order valence-electron chi connectivity index (χ3n) is 3.66. The van der Waals surface area contributed by atoms with E-state index >= 15 is 0 Å². The van der Waals surface area contributed by atoms with E-state index in [1.807, 2.05) is 20.8 Å². The highest BCUT2D eigenvalue weighted by atomic mass is 32.2. The van der Waals surface area contributed by atoms with Crippen molar-refractivity contribution in [1.29, 1.82) is 0 Å². The first-order chi connectivity index (χ1) is 9.04. The van der Waals surface area contributed by atoms with Crippen LogP contribution in [0.5, 0.6) is 0 Å². The fraction of sp³-hybridized carbons (Fsp3) is 0.923. The number of carbonyl (C=O) groups excluding carboxylic acids is 1. The Balaban J connectivity index is 2.10. The Labute approximate surface area is 120 Å². The van der Waals surface area contributed by atoms with E-state index in [0.717, 1.165) is 25.5 Å². The average molecular weight is 305 g/mol. The Bertz CT molecular complexity index is 495. The molecule has 1 heterocycles. The topological polar surface area (TPSA) is 72.9 Å². The van der Waals surface area contributed by atoms with Crippen LogP contribution in [0.3, 0.4) is 0 Å². The number of hydrogen-bond donors (Lipinski definition) is 0. The summed E-state index contributed by atoms with van der Waals surface area (Å²) in [6.07, 6.45) is 3.46. The summed E-state index contributed by atoms with van der Waals surface area (Å²) in [5.41, 5.74) is -1.04. The van der Waals surface area contributed by atoms with Gasteiger partial charge in [0.25, 0.3) is 10.1 Å². The van der Waals surface area contributed by atoms with Gasteiger partial charge in [0.15, 0.2) is 0 Å². The number of hydrogen-bond acceptors (Lipinski definition) is 5. The van der Waals surface area contributed by atoms with Gasteiger partial charge in [0.1, 0.15) is 11.7 Å². The van der Waals surface area contributed by atoms with E-state index in [2.05, 4.69) is 0 Å². The largest absolute Gasteiger partial charge is 0.444 e. The molecule has 1 aliphatic carbocycles. The zero-order chi connectivity index (χ0) is 15.2. The fourth-order valence-corrected chi connectivity index (χ4v) is 3.46. The standard InChI is InChI=1S/C13H23NO5S/c1-12(2,3)18-11(15)14-8-6-5-7-13(14)9-10(13)19-20(4,16)17/h10H,5-9H2,1-4H3. The molecule has 0 aromatic rings. The van der Waals surface area contributed by atoms with Gasteiger partial charge in [0.05, 0.1) is 11.8 Å². The van der Waals surface area contributed by atoms with Crippen molar-refractivity contribution in [3.63, 3.8) is 0 Å². The summed E-state index contributed by atoms with van der Waals surface area (Å²) < 4.78 is 33.0. The summed E-state index contributed by atoms with van der Waals surface area (Å²) in [5.74, 6) is 0. The highest BCUT2D eigenvalue weighted by Gasteiger charge is 2.63. The molecule has 1 aliphatic heterocycles. The molecule has 0 N–H and O–H groups in total. The smallest absolute Gasteiger partial charge is 0.410 e. The highest BCUT2D eigenvalue weighted by molar-refractivity contribution is 7.86. The van der Waals surface area contributed by atoms with Crippen LogP contribution in [0.1, 0.15) is 46.5 Å². The molecular formula is C13H23NO5S. The van der Waals surface area contributed by atoms with Crippen molar-refractivity contribution in [3.8, 4) is 0 Å². The summed E-state index contributed by atoms with van der Waals surface area (Å²) in [6, 6.07) is 0.